The van der Waals surface area contributed by atoms with E-state index in [0.29, 0.717) is 26.1 Å². The van der Waals surface area contributed by atoms with Crippen LogP contribution < -0.4 is 9.64 Å². The molecule has 4 aromatic carbocycles. The number of fused-ring (bicyclic) bond motifs is 2. The van der Waals surface area contributed by atoms with E-state index >= 15 is 0 Å². The molecule has 0 saturated carbocycles. The zero-order chi connectivity index (χ0) is 23.8. The Labute approximate surface area is 204 Å². The molecule has 2 heterocycles. The summed E-state index contributed by atoms with van der Waals surface area (Å²) in [6, 6.07) is 30.6. The maximum absolute atomic E-state index is 13.2. The van der Waals surface area contributed by atoms with Gasteiger partial charge in [-0.2, -0.15) is 0 Å². The van der Waals surface area contributed by atoms with Crippen LogP contribution in [-0.4, -0.2) is 28.6 Å². The van der Waals surface area contributed by atoms with Crippen molar-refractivity contribution in [2.75, 3.05) is 18.1 Å². The number of para-hydroxylation sites is 3. The molecule has 1 saturated heterocycles. The van der Waals surface area contributed by atoms with Crippen molar-refractivity contribution in [2.24, 2.45) is 0 Å². The Balaban J connectivity index is 1.30. The average molecular weight is 462 g/mol. The van der Waals surface area contributed by atoms with Crippen molar-refractivity contribution in [3.05, 3.63) is 102 Å². The molecule has 1 atom stereocenters. The molecule has 0 aliphatic carbocycles. The second-order valence-corrected chi connectivity index (χ2v) is 9.13. The molecule has 0 bridgehead atoms. The number of benzene rings is 4. The maximum Gasteiger partial charge on any atom is 0.227 e. The topological polar surface area (TPSA) is 47.4 Å². The van der Waals surface area contributed by atoms with Crippen LogP contribution in [0.25, 0.3) is 21.8 Å². The summed E-state index contributed by atoms with van der Waals surface area (Å²) < 4.78 is 8.34. The monoisotopic (exact) mass is 461 g/mol. The van der Waals surface area contributed by atoms with E-state index in [1.54, 1.807) is 0 Å². The summed E-state index contributed by atoms with van der Waals surface area (Å²) in [6.07, 6.45) is 0.450. The Hall–Kier alpha value is -4.12. The Morgan fingerprint density at radius 2 is 1.69 bits per heavy atom. The zero-order valence-corrected chi connectivity index (χ0v) is 19.7. The Morgan fingerprint density at radius 3 is 2.60 bits per heavy atom. The molecule has 6 rings (SSSR count). The van der Waals surface area contributed by atoms with Gasteiger partial charge in [-0.1, -0.05) is 66.7 Å². The largest absolute Gasteiger partial charge is 0.491 e. The minimum Gasteiger partial charge on any atom is -0.491 e. The first-order chi connectivity index (χ1) is 17.2. The van der Waals surface area contributed by atoms with E-state index in [1.165, 1.54) is 0 Å². The number of hydrogen-bond donors (Lipinski definition) is 0. The van der Waals surface area contributed by atoms with Gasteiger partial charge in [0.2, 0.25) is 5.91 Å². The number of aryl methyl sites for hydroxylation is 1. The number of rotatable bonds is 6. The molecule has 0 radical (unpaired) electrons. The maximum atomic E-state index is 13.2. The van der Waals surface area contributed by atoms with Crippen LogP contribution in [0.5, 0.6) is 5.75 Å². The minimum atomic E-state index is 0.0207. The lowest BCUT2D eigenvalue weighted by molar-refractivity contribution is -0.117. The third-order valence-corrected chi connectivity index (χ3v) is 6.90. The van der Waals surface area contributed by atoms with Gasteiger partial charge in [-0.05, 0) is 42.1 Å². The number of ether oxygens (including phenoxy) is 1. The lowest BCUT2D eigenvalue weighted by Crippen LogP contribution is -2.25. The van der Waals surface area contributed by atoms with E-state index in [2.05, 4.69) is 41.8 Å². The highest BCUT2D eigenvalue weighted by Crippen LogP contribution is 2.36. The van der Waals surface area contributed by atoms with E-state index in [9.17, 15) is 4.79 Å². The number of imidazole rings is 1. The predicted molar refractivity (Wildman–Crippen MR) is 140 cm³/mol. The molecule has 174 valence electrons. The molecule has 0 spiro atoms. The van der Waals surface area contributed by atoms with Gasteiger partial charge >= 0.3 is 0 Å². The van der Waals surface area contributed by atoms with Crippen molar-refractivity contribution in [3.63, 3.8) is 0 Å². The van der Waals surface area contributed by atoms with Crippen LogP contribution >= 0.6 is 0 Å². The quantitative estimate of drug-likeness (QED) is 0.307. The van der Waals surface area contributed by atoms with Gasteiger partial charge in [-0.25, -0.2) is 4.98 Å². The molecular formula is C30H27N3O2. The first-order valence-corrected chi connectivity index (χ1v) is 12.1. The molecule has 1 fully saturated rings. The van der Waals surface area contributed by atoms with Crippen molar-refractivity contribution >= 4 is 33.4 Å². The summed E-state index contributed by atoms with van der Waals surface area (Å²) in [5, 5.41) is 2.24. The molecule has 5 heteroatoms. The molecule has 1 aliphatic rings. The highest BCUT2D eigenvalue weighted by Gasteiger charge is 2.35. The minimum absolute atomic E-state index is 0.0207. The second-order valence-electron chi connectivity index (χ2n) is 9.13. The summed E-state index contributed by atoms with van der Waals surface area (Å²) >= 11 is 0. The number of nitrogens with zero attached hydrogens (tertiary/aromatic N) is 3. The highest BCUT2D eigenvalue weighted by molar-refractivity contribution is 6.05. The normalized spacial score (nSPS) is 15.9. The van der Waals surface area contributed by atoms with Gasteiger partial charge in [0.1, 0.15) is 18.2 Å². The molecule has 0 N–H and O–H groups in total. The summed E-state index contributed by atoms with van der Waals surface area (Å²) in [5.74, 6) is 2.01. The van der Waals surface area contributed by atoms with Crippen LogP contribution in [0.4, 0.5) is 5.69 Å². The molecule has 5 aromatic rings. The Bertz CT molecular complexity index is 1530. The van der Waals surface area contributed by atoms with Gasteiger partial charge in [0, 0.05) is 24.3 Å². The molecule has 1 aliphatic heterocycles. The van der Waals surface area contributed by atoms with E-state index in [1.807, 2.05) is 65.6 Å². The molecule has 5 nitrogen and oxygen atoms in total. The van der Waals surface area contributed by atoms with Crippen molar-refractivity contribution < 1.29 is 9.53 Å². The number of amides is 1. The number of hydrogen-bond acceptors (Lipinski definition) is 3. The fourth-order valence-electron chi connectivity index (χ4n) is 5.16. The number of anilines is 1. The van der Waals surface area contributed by atoms with E-state index in [-0.39, 0.29) is 11.8 Å². The fraction of sp³-hybridized carbons (Fsp3) is 0.200. The predicted octanol–water partition coefficient (Wildman–Crippen LogP) is 6.10. The summed E-state index contributed by atoms with van der Waals surface area (Å²) in [6.45, 7) is 3.88. The smallest absolute Gasteiger partial charge is 0.227 e. The molecule has 35 heavy (non-hydrogen) atoms. The van der Waals surface area contributed by atoms with E-state index in [4.69, 9.17) is 9.72 Å². The molecular weight excluding hydrogens is 434 g/mol. The Morgan fingerprint density at radius 1 is 0.914 bits per heavy atom. The van der Waals surface area contributed by atoms with E-state index < -0.39 is 0 Å². The lowest BCUT2D eigenvalue weighted by Gasteiger charge is -2.19. The second kappa shape index (κ2) is 8.91. The van der Waals surface area contributed by atoms with Crippen molar-refractivity contribution in [3.8, 4) is 5.75 Å². The van der Waals surface area contributed by atoms with Gasteiger partial charge in [-0.3, -0.25) is 4.79 Å². The highest BCUT2D eigenvalue weighted by atomic mass is 16.5. The first kappa shape index (κ1) is 21.4. The van der Waals surface area contributed by atoms with Crippen LogP contribution in [0.3, 0.4) is 0 Å². The van der Waals surface area contributed by atoms with Gasteiger partial charge in [0.25, 0.3) is 0 Å². The summed E-state index contributed by atoms with van der Waals surface area (Å²) in [4.78, 5) is 20.2. The van der Waals surface area contributed by atoms with Gasteiger partial charge in [0.15, 0.2) is 0 Å². The number of carbonyl (C=O) groups excluding carboxylic acids is 1. The lowest BCUT2D eigenvalue weighted by atomic mass is 10.1. The van der Waals surface area contributed by atoms with Crippen LogP contribution in [0.1, 0.15) is 23.7 Å². The van der Waals surface area contributed by atoms with Crippen molar-refractivity contribution in [2.45, 2.75) is 25.8 Å². The van der Waals surface area contributed by atoms with Crippen LogP contribution in [0.2, 0.25) is 0 Å². The third-order valence-electron chi connectivity index (χ3n) is 6.90. The Kier molecular flexibility index (Phi) is 5.45. The molecule has 1 unspecified atom stereocenters. The number of carbonyl (C=O) groups is 1. The SMILES string of the molecule is Cc1ccccc1OCCn1c(C2CC(=O)N(c3cccc4ccccc34)C2)nc2ccccc21. The average Bonchev–Trinajstić information content (AvgIpc) is 3.45. The zero-order valence-electron chi connectivity index (χ0n) is 19.7. The van der Waals surface area contributed by atoms with Gasteiger partial charge in [-0.15, -0.1) is 0 Å². The first-order valence-electron chi connectivity index (χ1n) is 12.1. The summed E-state index contributed by atoms with van der Waals surface area (Å²) in [7, 11) is 0. The van der Waals surface area contributed by atoms with Crippen LogP contribution in [0.15, 0.2) is 91.0 Å². The van der Waals surface area contributed by atoms with Crippen molar-refractivity contribution in [1.29, 1.82) is 0 Å². The summed E-state index contributed by atoms with van der Waals surface area (Å²) in [5.41, 5.74) is 4.12. The third kappa shape index (κ3) is 3.93. The molecule has 1 amide bonds. The van der Waals surface area contributed by atoms with Crippen LogP contribution in [-0.2, 0) is 11.3 Å². The van der Waals surface area contributed by atoms with Gasteiger partial charge in [0.05, 0.1) is 23.3 Å². The van der Waals surface area contributed by atoms with Gasteiger partial charge < -0.3 is 14.2 Å². The fourth-order valence-corrected chi connectivity index (χ4v) is 5.16. The standard InChI is InChI=1S/C30H27N3O2/c1-21-9-2-7-16-28(21)35-18-17-32-27-14-6-5-13-25(27)31-30(32)23-19-29(34)33(20-23)26-15-8-11-22-10-3-4-12-24(22)26/h2-16,23H,17-20H2,1H3. The number of aromatic nitrogens is 2. The van der Waals surface area contributed by atoms with E-state index in [0.717, 1.165) is 44.6 Å². The van der Waals surface area contributed by atoms with Crippen LogP contribution in [0, 0.1) is 6.92 Å². The van der Waals surface area contributed by atoms with Crippen molar-refractivity contribution in [1.82, 2.24) is 9.55 Å². The molecule has 1 aromatic heterocycles.